The van der Waals surface area contributed by atoms with Crippen molar-refractivity contribution < 1.29 is 9.59 Å². The van der Waals surface area contributed by atoms with Crippen LogP contribution in [0.5, 0.6) is 0 Å². The predicted molar refractivity (Wildman–Crippen MR) is 120 cm³/mol. The second-order valence-corrected chi connectivity index (χ2v) is 7.91. The first kappa shape index (κ1) is 20.7. The lowest BCUT2D eigenvalue weighted by molar-refractivity contribution is 0.0733. The van der Waals surface area contributed by atoms with Gasteiger partial charge in [-0.3, -0.25) is 14.4 Å². The number of rotatable bonds is 4. The van der Waals surface area contributed by atoms with Crippen molar-refractivity contribution in [2.75, 3.05) is 11.9 Å². The quantitative estimate of drug-likeness (QED) is 0.606. The summed E-state index contributed by atoms with van der Waals surface area (Å²) in [5.41, 5.74) is 5.40. The Hall–Kier alpha value is -3.61. The van der Waals surface area contributed by atoms with E-state index in [0.717, 1.165) is 34.5 Å². The molecule has 3 heterocycles. The van der Waals surface area contributed by atoms with E-state index in [2.05, 4.69) is 15.3 Å². The van der Waals surface area contributed by atoms with E-state index in [0.29, 0.717) is 30.6 Å². The number of fused-ring (bicyclic) bond motifs is 1. The molecule has 3 aromatic rings. The summed E-state index contributed by atoms with van der Waals surface area (Å²) in [5, 5.41) is 2.96. The molecule has 2 amide bonds. The summed E-state index contributed by atoms with van der Waals surface area (Å²) in [7, 11) is 0. The molecule has 7 heteroatoms. The summed E-state index contributed by atoms with van der Waals surface area (Å²) in [6.07, 6.45) is 4.58. The van der Waals surface area contributed by atoms with E-state index in [-0.39, 0.29) is 11.5 Å². The number of nitrogens with one attached hydrogen (secondary N) is 3. The molecular formula is C24H26N4O3. The molecule has 0 saturated carbocycles. The van der Waals surface area contributed by atoms with E-state index in [1.807, 2.05) is 39.0 Å². The monoisotopic (exact) mass is 418 g/mol. The number of aromatic nitrogens is 2. The van der Waals surface area contributed by atoms with Crippen molar-refractivity contribution in [3.63, 3.8) is 0 Å². The molecule has 0 unspecified atom stereocenters. The van der Waals surface area contributed by atoms with Crippen LogP contribution >= 0.6 is 0 Å². The van der Waals surface area contributed by atoms with Crippen LogP contribution < -0.4 is 10.9 Å². The number of carbonyl (C=O) groups excluding carboxylic acids is 2. The molecule has 7 nitrogen and oxygen atoms in total. The molecule has 0 spiro atoms. The predicted octanol–water partition coefficient (Wildman–Crippen LogP) is 3.33. The van der Waals surface area contributed by atoms with E-state index in [9.17, 15) is 14.4 Å². The molecule has 0 fully saturated rings. The maximum atomic E-state index is 13.2. The number of H-pyrrole nitrogens is 2. The Morgan fingerprint density at radius 3 is 2.68 bits per heavy atom. The molecule has 0 aliphatic carbocycles. The lowest BCUT2D eigenvalue weighted by atomic mass is 9.95. The van der Waals surface area contributed by atoms with Crippen LogP contribution in [0.15, 0.2) is 41.5 Å². The van der Waals surface area contributed by atoms with Crippen molar-refractivity contribution in [2.24, 2.45) is 0 Å². The summed E-state index contributed by atoms with van der Waals surface area (Å²) >= 11 is 0. The van der Waals surface area contributed by atoms with Crippen LogP contribution in [0.3, 0.4) is 0 Å². The van der Waals surface area contributed by atoms with Gasteiger partial charge < -0.3 is 20.2 Å². The highest BCUT2D eigenvalue weighted by Gasteiger charge is 2.28. The Bertz CT molecular complexity index is 1220. The number of anilines is 1. The van der Waals surface area contributed by atoms with Crippen LogP contribution in [0.2, 0.25) is 0 Å². The number of nitrogens with zero attached hydrogens (tertiary/aromatic N) is 1. The summed E-state index contributed by atoms with van der Waals surface area (Å²) in [6.45, 7) is 6.62. The highest BCUT2D eigenvalue weighted by Crippen LogP contribution is 2.25. The van der Waals surface area contributed by atoms with Gasteiger partial charge in [0.1, 0.15) is 5.56 Å². The standard InChI is InChI=1S/C24H26N4O3/c1-4-16-7-5-6-14(2)21(16)27-23(30)20-19-9-11-28(13-17(19)12-26-22(20)29)24(31)18-8-10-25-15(18)3/h5-8,10,12,25H,4,9,11,13H2,1-3H3,(H,26,29)(H,27,30). The first-order valence-corrected chi connectivity index (χ1v) is 10.5. The Morgan fingerprint density at radius 2 is 1.97 bits per heavy atom. The number of benzene rings is 1. The van der Waals surface area contributed by atoms with Crippen molar-refractivity contribution >= 4 is 17.5 Å². The smallest absolute Gasteiger partial charge is 0.261 e. The van der Waals surface area contributed by atoms with Gasteiger partial charge >= 0.3 is 0 Å². The van der Waals surface area contributed by atoms with E-state index in [4.69, 9.17) is 0 Å². The topological polar surface area (TPSA) is 98.1 Å². The number of aromatic amines is 2. The summed E-state index contributed by atoms with van der Waals surface area (Å²) in [6, 6.07) is 7.64. The second kappa shape index (κ2) is 8.26. The Kier molecular flexibility index (Phi) is 5.50. The zero-order valence-corrected chi connectivity index (χ0v) is 18.0. The van der Waals surface area contributed by atoms with Crippen LogP contribution in [0.4, 0.5) is 5.69 Å². The zero-order valence-electron chi connectivity index (χ0n) is 18.0. The fourth-order valence-corrected chi connectivity index (χ4v) is 4.21. The molecule has 4 rings (SSSR count). The minimum Gasteiger partial charge on any atom is -0.365 e. The molecule has 1 aliphatic rings. The molecule has 2 aromatic heterocycles. The average Bonchev–Trinajstić information content (AvgIpc) is 3.19. The SMILES string of the molecule is CCc1cccc(C)c1NC(=O)c1c2c(c[nH]c1=O)CN(C(=O)c1cc[nH]c1C)CC2. The van der Waals surface area contributed by atoms with Gasteiger partial charge in [0.2, 0.25) is 0 Å². The van der Waals surface area contributed by atoms with E-state index >= 15 is 0 Å². The summed E-state index contributed by atoms with van der Waals surface area (Å²) in [4.78, 5) is 46.1. The number of hydrogen-bond donors (Lipinski definition) is 3. The number of hydrogen-bond acceptors (Lipinski definition) is 3. The van der Waals surface area contributed by atoms with Crippen molar-refractivity contribution in [1.82, 2.24) is 14.9 Å². The largest absolute Gasteiger partial charge is 0.365 e. The molecule has 160 valence electrons. The molecule has 0 atom stereocenters. The maximum Gasteiger partial charge on any atom is 0.261 e. The number of para-hydroxylation sites is 1. The van der Waals surface area contributed by atoms with Crippen molar-refractivity contribution in [2.45, 2.75) is 40.2 Å². The van der Waals surface area contributed by atoms with Gasteiger partial charge in [0.05, 0.1) is 5.56 Å². The zero-order chi connectivity index (χ0) is 22.1. The maximum absolute atomic E-state index is 13.2. The fraction of sp³-hybridized carbons (Fsp3) is 0.292. The Labute approximate surface area is 180 Å². The Morgan fingerprint density at radius 1 is 1.16 bits per heavy atom. The molecule has 1 aromatic carbocycles. The van der Waals surface area contributed by atoms with E-state index in [1.165, 1.54) is 0 Å². The number of carbonyl (C=O) groups is 2. The third-order valence-electron chi connectivity index (χ3n) is 5.96. The Balaban J connectivity index is 1.64. The van der Waals surface area contributed by atoms with Gasteiger partial charge in [-0.2, -0.15) is 0 Å². The minimum atomic E-state index is -0.414. The first-order chi connectivity index (χ1) is 14.9. The molecule has 3 N–H and O–H groups in total. The normalized spacial score (nSPS) is 13.1. The summed E-state index contributed by atoms with van der Waals surface area (Å²) in [5.74, 6) is -0.475. The van der Waals surface area contributed by atoms with Crippen molar-refractivity contribution in [1.29, 1.82) is 0 Å². The van der Waals surface area contributed by atoms with Crippen molar-refractivity contribution in [3.8, 4) is 0 Å². The van der Waals surface area contributed by atoms with Gasteiger partial charge in [0, 0.05) is 36.9 Å². The number of aryl methyl sites for hydroxylation is 3. The molecular weight excluding hydrogens is 392 g/mol. The number of amides is 2. The van der Waals surface area contributed by atoms with Crippen LogP contribution in [0.25, 0.3) is 0 Å². The third kappa shape index (κ3) is 3.79. The van der Waals surface area contributed by atoms with Gasteiger partial charge in [-0.15, -0.1) is 0 Å². The lowest BCUT2D eigenvalue weighted by Gasteiger charge is -2.29. The summed E-state index contributed by atoms with van der Waals surface area (Å²) < 4.78 is 0. The molecule has 1 aliphatic heterocycles. The van der Waals surface area contributed by atoms with E-state index < -0.39 is 11.5 Å². The number of pyridine rings is 1. The van der Waals surface area contributed by atoms with Gasteiger partial charge in [-0.25, -0.2) is 0 Å². The highest BCUT2D eigenvalue weighted by atomic mass is 16.2. The lowest BCUT2D eigenvalue weighted by Crippen LogP contribution is -2.39. The van der Waals surface area contributed by atoms with Crippen molar-refractivity contribution in [3.05, 3.63) is 86.1 Å². The third-order valence-corrected chi connectivity index (χ3v) is 5.96. The van der Waals surface area contributed by atoms with Gasteiger partial charge in [-0.1, -0.05) is 25.1 Å². The molecule has 0 radical (unpaired) electrons. The minimum absolute atomic E-state index is 0.0610. The molecule has 0 bridgehead atoms. The molecule has 31 heavy (non-hydrogen) atoms. The van der Waals surface area contributed by atoms with Gasteiger partial charge in [-0.05, 0) is 55.0 Å². The average molecular weight is 418 g/mol. The van der Waals surface area contributed by atoms with Crippen LogP contribution in [0.1, 0.15) is 55.6 Å². The molecule has 0 saturated heterocycles. The van der Waals surface area contributed by atoms with Gasteiger partial charge in [0.15, 0.2) is 0 Å². The highest BCUT2D eigenvalue weighted by molar-refractivity contribution is 6.06. The van der Waals surface area contributed by atoms with E-state index in [1.54, 1.807) is 23.4 Å². The van der Waals surface area contributed by atoms with Crippen LogP contribution in [-0.4, -0.2) is 33.2 Å². The first-order valence-electron chi connectivity index (χ1n) is 10.5. The second-order valence-electron chi connectivity index (χ2n) is 7.91. The van der Waals surface area contributed by atoms with Crippen LogP contribution in [0, 0.1) is 13.8 Å². The van der Waals surface area contributed by atoms with Crippen LogP contribution in [-0.2, 0) is 19.4 Å². The van der Waals surface area contributed by atoms with Gasteiger partial charge in [0.25, 0.3) is 17.4 Å². The fourth-order valence-electron chi connectivity index (χ4n) is 4.21.